The van der Waals surface area contributed by atoms with E-state index < -0.39 is 17.9 Å². The Morgan fingerprint density at radius 1 is 1.33 bits per heavy atom. The summed E-state index contributed by atoms with van der Waals surface area (Å²) in [5.41, 5.74) is 0.398. The first-order chi connectivity index (χ1) is 12.8. The van der Waals surface area contributed by atoms with Crippen LogP contribution >= 0.6 is 12.2 Å². The maximum atomic E-state index is 12.4. The lowest BCUT2D eigenvalue weighted by Crippen LogP contribution is -2.60. The van der Waals surface area contributed by atoms with Crippen molar-refractivity contribution in [1.29, 1.82) is 0 Å². The van der Waals surface area contributed by atoms with Crippen LogP contribution in [0, 0.1) is 0 Å². The number of methoxy groups -OCH3 is 1. The molecule has 1 aromatic carbocycles. The molecule has 1 aliphatic heterocycles. The lowest BCUT2D eigenvalue weighted by molar-refractivity contribution is -0.150. The number of carbonyl (C=O) groups excluding carboxylic acids is 3. The zero-order valence-corrected chi connectivity index (χ0v) is 16.3. The standard InChI is InChI=1S/C18H23N3O5S/c1-11(2)26-15(22)10-14-17(24)19-8-9-21(14)18(27)20-16(23)12-4-6-13(25-3)7-5-12/h4-7,11,14H,8-10H2,1-3H3,(H,19,24)(H,20,23,27)/t14-/m1/s1. The Balaban J connectivity index is 2.05. The first kappa shape index (κ1) is 20.6. The van der Waals surface area contributed by atoms with Crippen molar-refractivity contribution in [3.63, 3.8) is 0 Å². The first-order valence-electron chi connectivity index (χ1n) is 8.55. The van der Waals surface area contributed by atoms with Gasteiger partial charge in [-0.25, -0.2) is 0 Å². The summed E-state index contributed by atoms with van der Waals surface area (Å²) < 4.78 is 10.2. The Kier molecular flexibility index (Phi) is 7.12. The smallest absolute Gasteiger partial charge is 0.308 e. The monoisotopic (exact) mass is 393 g/mol. The number of ether oxygens (including phenoxy) is 2. The number of benzene rings is 1. The second-order valence-electron chi connectivity index (χ2n) is 6.23. The predicted octanol–water partition coefficient (Wildman–Crippen LogP) is 0.852. The SMILES string of the molecule is COc1ccc(C(=O)NC(=S)N2CCNC(=O)[C@H]2CC(=O)OC(C)C)cc1. The Bertz CT molecular complexity index is 720. The van der Waals surface area contributed by atoms with Gasteiger partial charge in [0, 0.05) is 18.7 Å². The summed E-state index contributed by atoms with van der Waals surface area (Å²) in [6.07, 6.45) is -0.429. The number of hydrogen-bond donors (Lipinski definition) is 2. The van der Waals surface area contributed by atoms with Gasteiger partial charge in [-0.2, -0.15) is 0 Å². The highest BCUT2D eigenvalue weighted by Gasteiger charge is 2.34. The van der Waals surface area contributed by atoms with E-state index in [2.05, 4.69) is 10.6 Å². The van der Waals surface area contributed by atoms with E-state index in [1.165, 1.54) is 12.0 Å². The summed E-state index contributed by atoms with van der Waals surface area (Å²) in [4.78, 5) is 38.1. The van der Waals surface area contributed by atoms with Gasteiger partial charge in [0.25, 0.3) is 5.91 Å². The molecule has 0 bridgehead atoms. The highest BCUT2D eigenvalue weighted by atomic mass is 32.1. The van der Waals surface area contributed by atoms with E-state index in [9.17, 15) is 14.4 Å². The van der Waals surface area contributed by atoms with E-state index in [4.69, 9.17) is 21.7 Å². The highest BCUT2D eigenvalue weighted by Crippen LogP contribution is 2.13. The Morgan fingerprint density at radius 3 is 2.59 bits per heavy atom. The molecule has 9 heteroatoms. The topological polar surface area (TPSA) is 97.0 Å². The van der Waals surface area contributed by atoms with Gasteiger partial charge in [-0.1, -0.05) is 0 Å². The van der Waals surface area contributed by atoms with Crippen LogP contribution in [0.25, 0.3) is 0 Å². The molecule has 27 heavy (non-hydrogen) atoms. The second kappa shape index (κ2) is 9.31. The van der Waals surface area contributed by atoms with Gasteiger partial charge in [-0.05, 0) is 50.3 Å². The molecule has 0 saturated carbocycles. The van der Waals surface area contributed by atoms with Crippen molar-refractivity contribution in [2.45, 2.75) is 32.4 Å². The molecular weight excluding hydrogens is 370 g/mol. The fourth-order valence-corrected chi connectivity index (χ4v) is 2.92. The van der Waals surface area contributed by atoms with E-state index in [0.717, 1.165) is 0 Å². The van der Waals surface area contributed by atoms with Gasteiger partial charge in [0.05, 0.1) is 19.6 Å². The lowest BCUT2D eigenvalue weighted by Gasteiger charge is -2.36. The number of carbonyl (C=O) groups is 3. The van der Waals surface area contributed by atoms with Crippen LogP contribution in [-0.2, 0) is 14.3 Å². The molecule has 1 heterocycles. The molecule has 1 saturated heterocycles. The van der Waals surface area contributed by atoms with Crippen molar-refractivity contribution in [3.05, 3.63) is 29.8 Å². The molecular formula is C18H23N3O5S. The first-order valence-corrected chi connectivity index (χ1v) is 8.96. The van der Waals surface area contributed by atoms with Crippen molar-refractivity contribution >= 4 is 35.1 Å². The number of nitrogens with one attached hydrogen (secondary N) is 2. The van der Waals surface area contributed by atoms with Crippen molar-refractivity contribution in [2.75, 3.05) is 20.2 Å². The van der Waals surface area contributed by atoms with Crippen molar-refractivity contribution in [3.8, 4) is 5.75 Å². The maximum absolute atomic E-state index is 12.4. The number of rotatable bonds is 5. The van der Waals surface area contributed by atoms with E-state index in [1.807, 2.05) is 0 Å². The molecule has 146 valence electrons. The van der Waals surface area contributed by atoms with Crippen LogP contribution in [-0.4, -0.2) is 60.1 Å². The highest BCUT2D eigenvalue weighted by molar-refractivity contribution is 7.80. The van der Waals surface area contributed by atoms with Crippen molar-refractivity contribution < 1.29 is 23.9 Å². The summed E-state index contributed by atoms with van der Waals surface area (Å²) in [6, 6.07) is 5.72. The molecule has 1 atom stereocenters. The minimum atomic E-state index is -0.825. The van der Waals surface area contributed by atoms with Crippen LogP contribution in [0.2, 0.25) is 0 Å². The molecule has 0 radical (unpaired) electrons. The van der Waals surface area contributed by atoms with Crippen LogP contribution < -0.4 is 15.4 Å². The molecule has 0 aliphatic carbocycles. The minimum Gasteiger partial charge on any atom is -0.497 e. The summed E-state index contributed by atoms with van der Waals surface area (Å²) in [5.74, 6) is -0.605. The van der Waals surface area contributed by atoms with Crippen LogP contribution in [0.5, 0.6) is 5.75 Å². The van der Waals surface area contributed by atoms with Gasteiger partial charge in [0.15, 0.2) is 5.11 Å². The van der Waals surface area contributed by atoms with Gasteiger partial charge in [-0.15, -0.1) is 0 Å². The number of amides is 2. The molecule has 0 aromatic heterocycles. The fourth-order valence-electron chi connectivity index (χ4n) is 2.61. The van der Waals surface area contributed by atoms with Gasteiger partial charge in [0.2, 0.25) is 5.91 Å². The second-order valence-corrected chi connectivity index (χ2v) is 6.62. The van der Waals surface area contributed by atoms with E-state index in [1.54, 1.807) is 38.1 Å². The molecule has 1 fully saturated rings. The van der Waals surface area contributed by atoms with E-state index in [-0.39, 0.29) is 23.5 Å². The number of thiocarbonyl (C=S) groups is 1. The number of nitrogens with zero attached hydrogens (tertiary/aromatic N) is 1. The lowest BCUT2D eigenvalue weighted by atomic mass is 10.1. The largest absolute Gasteiger partial charge is 0.497 e. The van der Waals surface area contributed by atoms with Gasteiger partial charge in [-0.3, -0.25) is 19.7 Å². The van der Waals surface area contributed by atoms with Gasteiger partial charge in [0.1, 0.15) is 11.8 Å². The predicted molar refractivity (Wildman–Crippen MR) is 102 cm³/mol. The average Bonchev–Trinajstić information content (AvgIpc) is 2.62. The number of hydrogen-bond acceptors (Lipinski definition) is 6. The molecule has 8 nitrogen and oxygen atoms in total. The third-order valence-corrected chi connectivity index (χ3v) is 4.23. The van der Waals surface area contributed by atoms with Crippen LogP contribution in [0.3, 0.4) is 0 Å². The molecule has 2 N–H and O–H groups in total. The molecule has 1 aromatic rings. The molecule has 0 unspecified atom stereocenters. The van der Waals surface area contributed by atoms with E-state index in [0.29, 0.717) is 24.4 Å². The zero-order valence-electron chi connectivity index (χ0n) is 15.5. The Labute approximate surface area is 163 Å². The molecule has 2 rings (SSSR count). The summed E-state index contributed by atoms with van der Waals surface area (Å²) in [7, 11) is 1.54. The maximum Gasteiger partial charge on any atom is 0.308 e. The summed E-state index contributed by atoms with van der Waals surface area (Å²) in [5, 5.41) is 5.40. The molecule has 2 amide bonds. The van der Waals surface area contributed by atoms with Crippen LogP contribution in [0.15, 0.2) is 24.3 Å². The normalized spacial score (nSPS) is 16.5. The fraction of sp³-hybridized carbons (Fsp3) is 0.444. The molecule has 1 aliphatic rings. The number of piperazine rings is 1. The average molecular weight is 393 g/mol. The molecule has 0 spiro atoms. The van der Waals surface area contributed by atoms with Crippen LogP contribution in [0.1, 0.15) is 30.6 Å². The third kappa shape index (κ3) is 5.65. The van der Waals surface area contributed by atoms with Crippen molar-refractivity contribution in [1.82, 2.24) is 15.5 Å². The Morgan fingerprint density at radius 2 is 2.00 bits per heavy atom. The van der Waals surface area contributed by atoms with Gasteiger partial charge < -0.3 is 19.7 Å². The third-order valence-electron chi connectivity index (χ3n) is 3.89. The zero-order chi connectivity index (χ0) is 20.0. The van der Waals surface area contributed by atoms with Crippen LogP contribution in [0.4, 0.5) is 0 Å². The van der Waals surface area contributed by atoms with E-state index >= 15 is 0 Å². The number of esters is 1. The van der Waals surface area contributed by atoms with Gasteiger partial charge >= 0.3 is 5.97 Å². The summed E-state index contributed by atoms with van der Waals surface area (Å²) >= 11 is 5.31. The Hall–Kier alpha value is -2.68. The quantitative estimate of drug-likeness (QED) is 0.565. The minimum absolute atomic E-state index is 0.0908. The summed E-state index contributed by atoms with van der Waals surface area (Å²) in [6.45, 7) is 4.22. The van der Waals surface area contributed by atoms with Crippen molar-refractivity contribution in [2.24, 2.45) is 0 Å².